The highest BCUT2D eigenvalue weighted by molar-refractivity contribution is 7.92. The van der Waals surface area contributed by atoms with Gasteiger partial charge in [0.15, 0.2) is 0 Å². The van der Waals surface area contributed by atoms with Gasteiger partial charge in [-0.25, -0.2) is 13.2 Å². The van der Waals surface area contributed by atoms with Gasteiger partial charge in [0.1, 0.15) is 12.1 Å². The van der Waals surface area contributed by atoms with E-state index >= 15 is 0 Å². The number of nitrogens with zero attached hydrogens (tertiary/aromatic N) is 3. The average Bonchev–Trinajstić information content (AvgIpc) is 3.36. The Kier molecular flexibility index (Phi) is 8.38. The zero-order valence-electron chi connectivity index (χ0n) is 22.0. The molecule has 0 aliphatic heterocycles. The third-order valence-corrected chi connectivity index (χ3v) is 7.55. The number of carbonyl (C=O) groups excluding carboxylic acids is 2. The van der Waals surface area contributed by atoms with Crippen LogP contribution in [0.1, 0.15) is 38.3 Å². The fraction of sp³-hybridized carbons (Fsp3) is 0.259. The summed E-state index contributed by atoms with van der Waals surface area (Å²) in [6.07, 6.45) is 0. The lowest BCUT2D eigenvalue weighted by Crippen LogP contribution is -2.39. The van der Waals surface area contributed by atoms with E-state index in [4.69, 9.17) is 37.2 Å². The molecule has 10 nitrogen and oxygen atoms in total. The standard InChI is InChI=1S/C27H25Cl2N3O7S/c1-5-37-26(34)24-30-25(39-31-24)18-7-6-17-11-21(9-8-16(17)10-18)32(15-23(33)38-27(2,3)4)40(35,36)22-13-19(28)12-20(29)14-22/h6-14H,5,15H2,1-4H3. The van der Waals surface area contributed by atoms with E-state index in [0.717, 1.165) is 4.31 Å². The summed E-state index contributed by atoms with van der Waals surface area (Å²) in [7, 11) is -4.29. The molecule has 4 aromatic rings. The Morgan fingerprint density at radius 1 is 0.975 bits per heavy atom. The van der Waals surface area contributed by atoms with Crippen LogP contribution in [0.15, 0.2) is 64.0 Å². The number of benzene rings is 3. The number of halogens is 2. The molecule has 0 fully saturated rings. The lowest BCUT2D eigenvalue weighted by atomic mass is 10.1. The number of hydrogen-bond donors (Lipinski definition) is 0. The first-order valence-corrected chi connectivity index (χ1v) is 14.2. The van der Waals surface area contributed by atoms with Crippen molar-refractivity contribution >= 4 is 61.6 Å². The Morgan fingerprint density at radius 2 is 1.62 bits per heavy atom. The second kappa shape index (κ2) is 11.4. The molecular weight excluding hydrogens is 581 g/mol. The highest BCUT2D eigenvalue weighted by Gasteiger charge is 2.30. The van der Waals surface area contributed by atoms with E-state index in [1.165, 1.54) is 18.2 Å². The normalized spacial score (nSPS) is 11.8. The van der Waals surface area contributed by atoms with E-state index in [9.17, 15) is 18.0 Å². The summed E-state index contributed by atoms with van der Waals surface area (Å²) in [6, 6.07) is 13.9. The van der Waals surface area contributed by atoms with Crippen molar-refractivity contribution < 1.29 is 32.0 Å². The van der Waals surface area contributed by atoms with Crippen molar-refractivity contribution in [2.24, 2.45) is 0 Å². The number of hydrogen-bond acceptors (Lipinski definition) is 9. The molecule has 40 heavy (non-hydrogen) atoms. The van der Waals surface area contributed by atoms with E-state index in [2.05, 4.69) is 10.1 Å². The number of fused-ring (bicyclic) bond motifs is 1. The van der Waals surface area contributed by atoms with Crippen LogP contribution in [0, 0.1) is 0 Å². The zero-order chi connectivity index (χ0) is 29.2. The fourth-order valence-electron chi connectivity index (χ4n) is 3.75. The summed E-state index contributed by atoms with van der Waals surface area (Å²) in [6.45, 7) is 6.31. The smallest absolute Gasteiger partial charge is 0.379 e. The number of anilines is 1. The van der Waals surface area contributed by atoms with E-state index in [0.29, 0.717) is 16.3 Å². The van der Waals surface area contributed by atoms with Crippen LogP contribution in [0.2, 0.25) is 10.0 Å². The van der Waals surface area contributed by atoms with E-state index in [1.807, 2.05) is 0 Å². The van der Waals surface area contributed by atoms with Gasteiger partial charge in [-0.3, -0.25) is 9.10 Å². The van der Waals surface area contributed by atoms with Crippen molar-refractivity contribution in [1.82, 2.24) is 10.1 Å². The number of aromatic nitrogens is 2. The molecule has 0 saturated carbocycles. The van der Waals surface area contributed by atoms with Crippen LogP contribution in [-0.2, 0) is 24.3 Å². The number of esters is 2. The molecule has 0 N–H and O–H groups in total. The first kappa shape index (κ1) is 29.3. The number of sulfonamides is 1. The second-order valence-corrected chi connectivity index (χ2v) is 12.3. The summed E-state index contributed by atoms with van der Waals surface area (Å²) in [5, 5.41) is 5.26. The third kappa shape index (κ3) is 6.72. The van der Waals surface area contributed by atoms with Gasteiger partial charge >= 0.3 is 11.9 Å². The maximum absolute atomic E-state index is 13.8. The Bertz CT molecular complexity index is 1680. The molecule has 1 heterocycles. The lowest BCUT2D eigenvalue weighted by molar-refractivity contribution is -0.152. The average molecular weight is 606 g/mol. The van der Waals surface area contributed by atoms with Crippen molar-refractivity contribution in [2.75, 3.05) is 17.5 Å². The molecule has 210 valence electrons. The zero-order valence-corrected chi connectivity index (χ0v) is 24.3. The summed E-state index contributed by atoms with van der Waals surface area (Å²) >= 11 is 12.2. The number of ether oxygens (including phenoxy) is 2. The summed E-state index contributed by atoms with van der Waals surface area (Å²) in [5.74, 6) is -1.53. The molecule has 13 heteroatoms. The van der Waals surface area contributed by atoms with Crippen molar-refractivity contribution in [3.63, 3.8) is 0 Å². The maximum Gasteiger partial charge on any atom is 0.379 e. The third-order valence-electron chi connectivity index (χ3n) is 5.36. The minimum absolute atomic E-state index is 0.112. The van der Waals surface area contributed by atoms with E-state index in [1.54, 1.807) is 64.1 Å². The molecule has 4 rings (SSSR count). The predicted molar refractivity (Wildman–Crippen MR) is 150 cm³/mol. The maximum atomic E-state index is 13.8. The van der Waals surface area contributed by atoms with Gasteiger partial charge in [0.25, 0.3) is 21.7 Å². The van der Waals surface area contributed by atoms with Gasteiger partial charge in [0, 0.05) is 15.6 Å². The van der Waals surface area contributed by atoms with Crippen LogP contribution < -0.4 is 4.31 Å². The molecule has 0 aliphatic rings. The molecule has 0 bridgehead atoms. The summed E-state index contributed by atoms with van der Waals surface area (Å²) < 4.78 is 43.9. The van der Waals surface area contributed by atoms with Gasteiger partial charge in [0.2, 0.25) is 0 Å². The molecule has 0 aliphatic carbocycles. The monoisotopic (exact) mass is 605 g/mol. The van der Waals surface area contributed by atoms with Crippen molar-refractivity contribution in [1.29, 1.82) is 0 Å². The lowest BCUT2D eigenvalue weighted by Gasteiger charge is -2.26. The first-order valence-electron chi connectivity index (χ1n) is 12.0. The summed E-state index contributed by atoms with van der Waals surface area (Å²) in [5.41, 5.74) is -0.0761. The van der Waals surface area contributed by atoms with Crippen LogP contribution >= 0.6 is 23.2 Å². The van der Waals surface area contributed by atoms with Gasteiger partial charge in [-0.05, 0) is 86.1 Å². The van der Waals surface area contributed by atoms with Crippen LogP contribution in [0.3, 0.4) is 0 Å². The molecule has 0 saturated heterocycles. The van der Waals surface area contributed by atoms with Gasteiger partial charge in [-0.15, -0.1) is 0 Å². The van der Waals surface area contributed by atoms with Crippen LogP contribution in [0.25, 0.3) is 22.2 Å². The Morgan fingerprint density at radius 3 is 2.27 bits per heavy atom. The highest BCUT2D eigenvalue weighted by atomic mass is 35.5. The van der Waals surface area contributed by atoms with Crippen molar-refractivity contribution in [3.8, 4) is 11.5 Å². The van der Waals surface area contributed by atoms with Gasteiger partial charge < -0.3 is 14.0 Å². The molecule has 0 amide bonds. The fourth-order valence-corrected chi connectivity index (χ4v) is 5.88. The van der Waals surface area contributed by atoms with Gasteiger partial charge in [-0.1, -0.05) is 35.3 Å². The highest BCUT2D eigenvalue weighted by Crippen LogP contribution is 2.32. The second-order valence-electron chi connectivity index (χ2n) is 9.59. The molecule has 0 spiro atoms. The van der Waals surface area contributed by atoms with Crippen molar-refractivity contribution in [3.05, 3.63) is 70.5 Å². The quantitative estimate of drug-likeness (QED) is 0.225. The molecule has 0 radical (unpaired) electrons. The molecule has 0 atom stereocenters. The largest absolute Gasteiger partial charge is 0.460 e. The Balaban J connectivity index is 1.73. The molecular formula is C27H25Cl2N3O7S. The first-order chi connectivity index (χ1) is 18.8. The Labute approximate surface area is 240 Å². The predicted octanol–water partition coefficient (Wildman–Crippen LogP) is 5.91. The Hall–Kier alpha value is -3.67. The van der Waals surface area contributed by atoms with Crippen LogP contribution in [0.4, 0.5) is 5.69 Å². The van der Waals surface area contributed by atoms with Gasteiger partial charge in [0.05, 0.1) is 17.2 Å². The number of carbonyl (C=O) groups is 2. The summed E-state index contributed by atoms with van der Waals surface area (Å²) in [4.78, 5) is 28.5. The SMILES string of the molecule is CCOC(=O)c1noc(-c2ccc3cc(N(CC(=O)OC(C)(C)C)S(=O)(=O)c4cc(Cl)cc(Cl)c4)ccc3c2)n1. The number of rotatable bonds is 8. The topological polar surface area (TPSA) is 129 Å². The van der Waals surface area contributed by atoms with Gasteiger partial charge in [-0.2, -0.15) is 4.98 Å². The molecule has 3 aromatic carbocycles. The van der Waals surface area contributed by atoms with E-state index < -0.39 is 34.1 Å². The molecule has 0 unspecified atom stereocenters. The van der Waals surface area contributed by atoms with E-state index in [-0.39, 0.29) is 39.0 Å². The minimum Gasteiger partial charge on any atom is -0.460 e. The van der Waals surface area contributed by atoms with Crippen LogP contribution in [-0.4, -0.2) is 49.2 Å². The molecule has 1 aromatic heterocycles. The van der Waals surface area contributed by atoms with Crippen molar-refractivity contribution in [2.45, 2.75) is 38.2 Å². The van der Waals surface area contributed by atoms with Crippen LogP contribution in [0.5, 0.6) is 0 Å². The minimum atomic E-state index is -4.29.